The van der Waals surface area contributed by atoms with Gasteiger partial charge in [0.2, 0.25) is 5.91 Å². The Balaban J connectivity index is 0.00000338. The van der Waals surface area contributed by atoms with Crippen LogP contribution in [-0.2, 0) is 4.79 Å². The largest absolute Gasteiger partial charge is 0.494 e. The molecule has 1 heterocycles. The van der Waals surface area contributed by atoms with E-state index in [0.29, 0.717) is 12.2 Å². The van der Waals surface area contributed by atoms with E-state index in [0.717, 1.165) is 31.7 Å². The molecule has 2 rings (SSSR count). The number of hydrogen-bond acceptors (Lipinski definition) is 4. The molecule has 2 atom stereocenters. The zero-order valence-corrected chi connectivity index (χ0v) is 16.5. The molecule has 3 N–H and O–H groups in total. The molecule has 0 aromatic heterocycles. The van der Waals surface area contributed by atoms with Gasteiger partial charge in [-0.05, 0) is 56.5 Å². The third-order valence-corrected chi connectivity index (χ3v) is 4.31. The van der Waals surface area contributed by atoms with Gasteiger partial charge in [-0.3, -0.25) is 9.59 Å². The predicted molar refractivity (Wildman–Crippen MR) is 105 cm³/mol. The van der Waals surface area contributed by atoms with E-state index in [1.807, 2.05) is 20.8 Å². The van der Waals surface area contributed by atoms with Gasteiger partial charge in [0, 0.05) is 18.2 Å². The second-order valence-electron chi connectivity index (χ2n) is 6.70. The van der Waals surface area contributed by atoms with Crippen molar-refractivity contribution < 1.29 is 14.3 Å². The second-order valence-corrected chi connectivity index (χ2v) is 6.70. The van der Waals surface area contributed by atoms with Crippen LogP contribution in [0.1, 0.15) is 44.0 Å². The van der Waals surface area contributed by atoms with Gasteiger partial charge in [-0.1, -0.05) is 13.8 Å². The number of nitrogens with one attached hydrogen (secondary N) is 3. The van der Waals surface area contributed by atoms with E-state index in [2.05, 4.69) is 16.0 Å². The van der Waals surface area contributed by atoms with Gasteiger partial charge in [0.05, 0.1) is 6.61 Å². The molecule has 6 nitrogen and oxygen atoms in total. The highest BCUT2D eigenvalue weighted by atomic mass is 35.5. The molecule has 146 valence electrons. The third kappa shape index (κ3) is 6.50. The van der Waals surface area contributed by atoms with Crippen molar-refractivity contribution in [2.24, 2.45) is 5.92 Å². The number of piperidine rings is 1. The van der Waals surface area contributed by atoms with Gasteiger partial charge in [-0.25, -0.2) is 0 Å². The molecule has 26 heavy (non-hydrogen) atoms. The third-order valence-electron chi connectivity index (χ3n) is 4.31. The Bertz CT molecular complexity index is 572. The lowest BCUT2D eigenvalue weighted by Crippen LogP contribution is -2.54. The minimum atomic E-state index is -0.555. The Labute approximate surface area is 161 Å². The summed E-state index contributed by atoms with van der Waals surface area (Å²) in [6, 6.07) is 6.51. The summed E-state index contributed by atoms with van der Waals surface area (Å²) >= 11 is 0. The van der Waals surface area contributed by atoms with Crippen molar-refractivity contribution in [3.05, 3.63) is 29.8 Å². The molecule has 0 aliphatic carbocycles. The Morgan fingerprint density at radius 3 is 2.50 bits per heavy atom. The molecular formula is C19H30ClN3O3. The first kappa shape index (κ1) is 22.3. The molecule has 0 spiro atoms. The molecule has 1 aromatic carbocycles. The normalized spacial score (nSPS) is 17.8. The molecule has 1 aliphatic rings. The summed E-state index contributed by atoms with van der Waals surface area (Å²) in [4.78, 5) is 25.1. The van der Waals surface area contributed by atoms with Crippen molar-refractivity contribution in [3.63, 3.8) is 0 Å². The highest BCUT2D eigenvalue weighted by Gasteiger charge is 2.27. The van der Waals surface area contributed by atoms with E-state index in [1.54, 1.807) is 24.3 Å². The highest BCUT2D eigenvalue weighted by Crippen LogP contribution is 2.13. The number of hydrogen-bond donors (Lipinski definition) is 3. The maximum Gasteiger partial charge on any atom is 0.251 e. The van der Waals surface area contributed by atoms with Crippen LogP contribution in [0, 0.1) is 5.92 Å². The monoisotopic (exact) mass is 383 g/mol. The molecule has 0 radical (unpaired) electrons. The quantitative estimate of drug-likeness (QED) is 0.674. The smallest absolute Gasteiger partial charge is 0.251 e. The molecular weight excluding hydrogens is 354 g/mol. The van der Waals surface area contributed by atoms with Crippen LogP contribution in [0.3, 0.4) is 0 Å². The van der Waals surface area contributed by atoms with E-state index < -0.39 is 6.04 Å². The molecule has 1 saturated heterocycles. The van der Waals surface area contributed by atoms with Crippen LogP contribution >= 0.6 is 12.4 Å². The van der Waals surface area contributed by atoms with E-state index in [-0.39, 0.29) is 36.2 Å². The summed E-state index contributed by atoms with van der Waals surface area (Å²) in [5, 5.41) is 9.18. The fourth-order valence-electron chi connectivity index (χ4n) is 2.89. The lowest BCUT2D eigenvalue weighted by molar-refractivity contribution is -0.124. The Morgan fingerprint density at radius 1 is 1.27 bits per heavy atom. The SMILES string of the molecule is CCOc1ccc(C(=O)NC(C(=O)NC2CCCNC2)C(C)C)cc1.Cl. The van der Waals surface area contributed by atoms with Gasteiger partial charge in [-0.2, -0.15) is 0 Å². The lowest BCUT2D eigenvalue weighted by atomic mass is 10.0. The predicted octanol–water partition coefficient (Wildman–Crippen LogP) is 2.13. The van der Waals surface area contributed by atoms with E-state index in [1.165, 1.54) is 0 Å². The molecule has 1 aliphatic heterocycles. The van der Waals surface area contributed by atoms with Crippen molar-refractivity contribution in [2.45, 2.75) is 45.7 Å². The second kappa shape index (κ2) is 11.0. The number of carbonyl (C=O) groups is 2. The van der Waals surface area contributed by atoms with Gasteiger partial charge >= 0.3 is 0 Å². The van der Waals surface area contributed by atoms with Gasteiger partial charge in [0.15, 0.2) is 0 Å². The summed E-state index contributed by atoms with van der Waals surface area (Å²) in [7, 11) is 0. The zero-order valence-electron chi connectivity index (χ0n) is 15.7. The summed E-state index contributed by atoms with van der Waals surface area (Å²) in [5.41, 5.74) is 0.515. The molecule has 7 heteroatoms. The Hall–Kier alpha value is -1.79. The number of rotatable bonds is 7. The average Bonchev–Trinajstić information content (AvgIpc) is 2.61. The van der Waals surface area contributed by atoms with Crippen LogP contribution in [0.15, 0.2) is 24.3 Å². The summed E-state index contributed by atoms with van der Waals surface area (Å²) in [6.07, 6.45) is 2.02. The summed E-state index contributed by atoms with van der Waals surface area (Å²) in [5.74, 6) is 0.354. The van der Waals surface area contributed by atoms with Gasteiger partial charge in [0.25, 0.3) is 5.91 Å². The maximum atomic E-state index is 12.6. The van der Waals surface area contributed by atoms with Crippen LogP contribution < -0.4 is 20.7 Å². The minimum Gasteiger partial charge on any atom is -0.494 e. The van der Waals surface area contributed by atoms with Crippen molar-refractivity contribution in [2.75, 3.05) is 19.7 Å². The zero-order chi connectivity index (χ0) is 18.2. The first-order valence-corrected chi connectivity index (χ1v) is 9.06. The highest BCUT2D eigenvalue weighted by molar-refractivity contribution is 5.97. The standard InChI is InChI=1S/C19H29N3O3.ClH/c1-4-25-16-9-7-14(8-10-16)18(23)22-17(13(2)3)19(24)21-15-6-5-11-20-12-15;/h7-10,13,15,17,20H,4-6,11-12H2,1-3H3,(H,21,24)(H,22,23);1H. The van der Waals surface area contributed by atoms with Crippen LogP contribution in [0.2, 0.25) is 0 Å². The van der Waals surface area contributed by atoms with E-state index >= 15 is 0 Å². The maximum absolute atomic E-state index is 12.6. The first-order valence-electron chi connectivity index (χ1n) is 9.06. The van der Waals surface area contributed by atoms with Crippen LogP contribution in [0.5, 0.6) is 5.75 Å². The van der Waals surface area contributed by atoms with Crippen LogP contribution in [-0.4, -0.2) is 43.6 Å². The van der Waals surface area contributed by atoms with Gasteiger partial charge < -0.3 is 20.7 Å². The minimum absolute atomic E-state index is 0. The summed E-state index contributed by atoms with van der Waals surface area (Å²) in [6.45, 7) is 8.13. The van der Waals surface area contributed by atoms with Crippen LogP contribution in [0.25, 0.3) is 0 Å². The lowest BCUT2D eigenvalue weighted by Gasteiger charge is -2.28. The van der Waals surface area contributed by atoms with E-state index in [4.69, 9.17) is 4.74 Å². The fraction of sp³-hybridized carbons (Fsp3) is 0.579. The molecule has 2 unspecified atom stereocenters. The van der Waals surface area contributed by atoms with Crippen molar-refractivity contribution in [1.29, 1.82) is 0 Å². The molecule has 2 amide bonds. The summed E-state index contributed by atoms with van der Waals surface area (Å²) < 4.78 is 5.38. The van der Waals surface area contributed by atoms with Crippen molar-refractivity contribution in [1.82, 2.24) is 16.0 Å². The fourth-order valence-corrected chi connectivity index (χ4v) is 2.89. The van der Waals surface area contributed by atoms with Crippen molar-refractivity contribution >= 4 is 24.2 Å². The van der Waals surface area contributed by atoms with Gasteiger partial charge in [0.1, 0.15) is 11.8 Å². The van der Waals surface area contributed by atoms with Gasteiger partial charge in [-0.15, -0.1) is 12.4 Å². The Morgan fingerprint density at radius 2 is 1.96 bits per heavy atom. The number of benzene rings is 1. The molecule has 1 aromatic rings. The Kier molecular flexibility index (Phi) is 9.44. The molecule has 1 fully saturated rings. The van der Waals surface area contributed by atoms with Crippen LogP contribution in [0.4, 0.5) is 0 Å². The number of carbonyl (C=O) groups excluding carboxylic acids is 2. The molecule has 0 saturated carbocycles. The average molecular weight is 384 g/mol. The van der Waals surface area contributed by atoms with E-state index in [9.17, 15) is 9.59 Å². The number of halogens is 1. The first-order chi connectivity index (χ1) is 12.0. The topological polar surface area (TPSA) is 79.5 Å². The number of ether oxygens (including phenoxy) is 1. The molecule has 0 bridgehead atoms. The van der Waals surface area contributed by atoms with Crippen molar-refractivity contribution in [3.8, 4) is 5.75 Å². The number of amides is 2.